The first-order chi connectivity index (χ1) is 7.13. The number of benzene rings is 1. The third kappa shape index (κ3) is 1.79. The van der Waals surface area contributed by atoms with E-state index >= 15 is 0 Å². The van der Waals surface area contributed by atoms with Crippen LogP contribution in [-0.4, -0.2) is 19.1 Å². The molecule has 1 aromatic carbocycles. The predicted octanol–water partition coefficient (Wildman–Crippen LogP) is 0.450. The van der Waals surface area contributed by atoms with E-state index in [1.54, 1.807) is 0 Å². The second-order valence-electron chi connectivity index (χ2n) is 3.22. The molecule has 0 unspecified atom stereocenters. The number of carbonyl (C=O) groups excluding carboxylic acids is 1. The lowest BCUT2D eigenvalue weighted by molar-refractivity contribution is 0.162. The van der Waals surface area contributed by atoms with Gasteiger partial charge in [0.25, 0.3) is 0 Å². The Morgan fingerprint density at radius 1 is 1.40 bits per heavy atom. The summed E-state index contributed by atoms with van der Waals surface area (Å²) in [7, 11) is 1.28. The number of rotatable bonds is 1. The number of amides is 1. The zero-order chi connectivity index (χ0) is 10.9. The fourth-order valence-electron chi connectivity index (χ4n) is 1.43. The third-order valence-electron chi connectivity index (χ3n) is 2.08. The van der Waals surface area contributed by atoms with Crippen LogP contribution >= 0.6 is 0 Å². The van der Waals surface area contributed by atoms with Gasteiger partial charge in [-0.1, -0.05) is 12.1 Å². The summed E-state index contributed by atoms with van der Waals surface area (Å²) in [6.45, 7) is 0. The molecule has 5 N–H and O–H groups in total. The Morgan fingerprint density at radius 3 is 2.40 bits per heavy atom. The molecule has 15 heavy (non-hydrogen) atoms. The van der Waals surface area contributed by atoms with Crippen molar-refractivity contribution in [3.05, 3.63) is 24.3 Å². The van der Waals surface area contributed by atoms with Crippen LogP contribution in [0.3, 0.4) is 0 Å². The van der Waals surface area contributed by atoms with Crippen LogP contribution in [0.1, 0.15) is 0 Å². The van der Waals surface area contributed by atoms with Crippen LogP contribution in [0.15, 0.2) is 24.3 Å². The van der Waals surface area contributed by atoms with Crippen molar-refractivity contribution in [1.29, 1.82) is 0 Å². The first kappa shape index (κ1) is 9.60. The molecule has 0 aromatic heterocycles. The van der Waals surface area contributed by atoms with Crippen LogP contribution in [0, 0.1) is 0 Å². The quantitative estimate of drug-likeness (QED) is 0.503. The lowest BCUT2D eigenvalue weighted by Gasteiger charge is -2.25. The van der Waals surface area contributed by atoms with Crippen molar-refractivity contribution >= 4 is 17.5 Å². The maximum atomic E-state index is 11.0. The van der Waals surface area contributed by atoms with Crippen molar-refractivity contribution in [2.45, 2.75) is 5.91 Å². The highest BCUT2D eigenvalue weighted by Crippen LogP contribution is 2.29. The molecule has 0 fully saturated rings. The maximum absolute atomic E-state index is 11.0. The second-order valence-corrected chi connectivity index (χ2v) is 3.22. The Bertz CT molecular complexity index is 368. The highest BCUT2D eigenvalue weighted by Gasteiger charge is 2.33. The molecule has 0 radical (unpaired) electrons. The summed E-state index contributed by atoms with van der Waals surface area (Å²) < 4.78 is 4.47. The minimum Gasteiger partial charge on any atom is -0.453 e. The van der Waals surface area contributed by atoms with Crippen LogP contribution in [0.25, 0.3) is 0 Å². The molecule has 1 heterocycles. The van der Waals surface area contributed by atoms with Gasteiger partial charge < -0.3 is 15.4 Å². The van der Waals surface area contributed by atoms with Crippen LogP contribution in [-0.2, 0) is 4.74 Å². The molecular formula is C9H12N4O2. The normalized spacial score (nSPS) is 15.9. The van der Waals surface area contributed by atoms with Gasteiger partial charge in [-0.2, -0.15) is 0 Å². The summed E-state index contributed by atoms with van der Waals surface area (Å²) in [5.41, 5.74) is 7.51. The molecule has 0 spiro atoms. The first-order valence-electron chi connectivity index (χ1n) is 4.43. The van der Waals surface area contributed by atoms with E-state index in [2.05, 4.69) is 20.7 Å². The molecule has 1 aromatic rings. The minimum absolute atomic E-state index is 0.606. The number of hydrogen-bond donors (Lipinski definition) is 4. The van der Waals surface area contributed by atoms with Gasteiger partial charge in [0.05, 0.1) is 18.5 Å². The Hall–Kier alpha value is -1.95. The molecule has 6 nitrogen and oxygen atoms in total. The number of hydrogen-bond acceptors (Lipinski definition) is 5. The number of alkyl carbamates (subject to hydrolysis) is 1. The summed E-state index contributed by atoms with van der Waals surface area (Å²) in [6.07, 6.45) is -0.606. The summed E-state index contributed by atoms with van der Waals surface area (Å²) in [6, 6.07) is 7.46. The van der Waals surface area contributed by atoms with E-state index in [-0.39, 0.29) is 0 Å². The van der Waals surface area contributed by atoms with Crippen LogP contribution in [0.5, 0.6) is 0 Å². The fraction of sp³-hybridized carbons (Fsp3) is 0.222. The lowest BCUT2D eigenvalue weighted by Crippen LogP contribution is -2.64. The predicted molar refractivity (Wildman–Crippen MR) is 56.1 cm³/mol. The Labute approximate surface area is 86.8 Å². The van der Waals surface area contributed by atoms with Gasteiger partial charge in [0.1, 0.15) is 0 Å². The van der Waals surface area contributed by atoms with Crippen LogP contribution in [0.2, 0.25) is 0 Å². The highest BCUT2D eigenvalue weighted by atomic mass is 16.5. The van der Waals surface area contributed by atoms with Gasteiger partial charge in [0, 0.05) is 0 Å². The number of para-hydroxylation sites is 2. The third-order valence-corrected chi connectivity index (χ3v) is 2.08. The van der Waals surface area contributed by atoms with Gasteiger partial charge in [0.2, 0.25) is 5.91 Å². The van der Waals surface area contributed by atoms with Crippen molar-refractivity contribution in [3.8, 4) is 0 Å². The standard InChI is InChI=1S/C9H12N4O2/c1-15-8(14)13-9(10)11-6-4-2-3-5-7(6)12-9/h2-5,11-12H,10H2,1H3,(H,13,14). The van der Waals surface area contributed by atoms with Crippen molar-refractivity contribution in [2.24, 2.45) is 5.73 Å². The zero-order valence-electron chi connectivity index (χ0n) is 8.20. The zero-order valence-corrected chi connectivity index (χ0v) is 8.20. The SMILES string of the molecule is COC(=O)NC1(N)Nc2ccccc2N1. The molecule has 1 amide bonds. The molecule has 0 bridgehead atoms. The van der Waals surface area contributed by atoms with Crippen molar-refractivity contribution in [1.82, 2.24) is 5.32 Å². The summed E-state index contributed by atoms with van der Waals surface area (Å²) >= 11 is 0. The van der Waals surface area contributed by atoms with Gasteiger partial charge in [-0.25, -0.2) is 4.79 Å². The number of carbonyl (C=O) groups is 1. The lowest BCUT2D eigenvalue weighted by atomic mass is 10.3. The molecule has 6 heteroatoms. The molecule has 0 saturated heterocycles. The van der Waals surface area contributed by atoms with Gasteiger partial charge in [-0.15, -0.1) is 0 Å². The Balaban J connectivity index is 2.14. The molecule has 1 aliphatic rings. The monoisotopic (exact) mass is 208 g/mol. The van der Waals surface area contributed by atoms with E-state index in [0.717, 1.165) is 11.4 Å². The molecule has 1 aliphatic heterocycles. The number of ether oxygens (including phenoxy) is 1. The van der Waals surface area contributed by atoms with Gasteiger partial charge in [0.15, 0.2) is 0 Å². The largest absolute Gasteiger partial charge is 0.453 e. The van der Waals surface area contributed by atoms with E-state index in [9.17, 15) is 4.79 Å². The Morgan fingerprint density at radius 2 is 1.93 bits per heavy atom. The van der Waals surface area contributed by atoms with E-state index in [0.29, 0.717) is 0 Å². The number of fused-ring (bicyclic) bond motifs is 1. The number of nitrogens with one attached hydrogen (secondary N) is 3. The first-order valence-corrected chi connectivity index (χ1v) is 4.43. The molecular weight excluding hydrogens is 196 g/mol. The average Bonchev–Trinajstić information content (AvgIpc) is 2.53. The van der Waals surface area contributed by atoms with Crippen LogP contribution in [0.4, 0.5) is 16.2 Å². The van der Waals surface area contributed by atoms with Crippen molar-refractivity contribution in [2.75, 3.05) is 17.7 Å². The molecule has 2 rings (SSSR count). The summed E-state index contributed by atoms with van der Waals surface area (Å²) in [5.74, 6) is -1.20. The van der Waals surface area contributed by atoms with Crippen molar-refractivity contribution < 1.29 is 9.53 Å². The number of anilines is 2. The average molecular weight is 208 g/mol. The topological polar surface area (TPSA) is 88.4 Å². The van der Waals surface area contributed by atoms with E-state index in [1.807, 2.05) is 24.3 Å². The van der Waals surface area contributed by atoms with Gasteiger partial charge in [-0.05, 0) is 12.1 Å². The van der Waals surface area contributed by atoms with E-state index in [1.165, 1.54) is 7.11 Å². The van der Waals surface area contributed by atoms with Crippen molar-refractivity contribution in [3.63, 3.8) is 0 Å². The maximum Gasteiger partial charge on any atom is 0.411 e. The van der Waals surface area contributed by atoms with E-state index < -0.39 is 12.0 Å². The Kier molecular flexibility index (Phi) is 2.12. The molecule has 0 atom stereocenters. The molecule has 0 saturated carbocycles. The minimum atomic E-state index is -1.20. The van der Waals surface area contributed by atoms with Gasteiger partial charge in [-0.3, -0.25) is 11.1 Å². The summed E-state index contributed by atoms with van der Waals surface area (Å²) in [4.78, 5) is 11.0. The van der Waals surface area contributed by atoms with Crippen LogP contribution < -0.4 is 21.7 Å². The fourth-order valence-corrected chi connectivity index (χ4v) is 1.43. The summed E-state index contributed by atoms with van der Waals surface area (Å²) in [5, 5.41) is 8.31. The van der Waals surface area contributed by atoms with Gasteiger partial charge >= 0.3 is 6.09 Å². The number of nitrogens with two attached hydrogens (primary N) is 1. The second kappa shape index (κ2) is 3.32. The molecule has 0 aliphatic carbocycles. The smallest absolute Gasteiger partial charge is 0.411 e. The molecule has 80 valence electrons. The highest BCUT2D eigenvalue weighted by molar-refractivity contribution is 5.78. The van der Waals surface area contributed by atoms with E-state index in [4.69, 9.17) is 5.73 Å². The number of methoxy groups -OCH3 is 1.